The molecule has 2 aliphatic rings. The summed E-state index contributed by atoms with van der Waals surface area (Å²) in [7, 11) is 5.60. The molecule has 7 heteroatoms. The van der Waals surface area contributed by atoms with Crippen LogP contribution in [0, 0.1) is 11.7 Å². The van der Waals surface area contributed by atoms with Crippen molar-refractivity contribution < 1.29 is 9.18 Å². The molecule has 0 radical (unpaired) electrons. The van der Waals surface area contributed by atoms with Crippen molar-refractivity contribution in [3.63, 3.8) is 0 Å². The molecule has 2 N–H and O–H groups in total. The van der Waals surface area contributed by atoms with Gasteiger partial charge in [-0.2, -0.15) is 0 Å². The highest BCUT2D eigenvalue weighted by Gasteiger charge is 2.32. The van der Waals surface area contributed by atoms with Gasteiger partial charge >= 0.3 is 0 Å². The molecule has 1 unspecified atom stereocenters. The molecule has 1 aliphatic carbocycles. The number of nitrogens with one attached hydrogen (secondary N) is 2. The van der Waals surface area contributed by atoms with Gasteiger partial charge in [0.1, 0.15) is 5.82 Å². The summed E-state index contributed by atoms with van der Waals surface area (Å²) in [5.74, 6) is 1.10. The lowest BCUT2D eigenvalue weighted by atomic mass is 10.1. The summed E-state index contributed by atoms with van der Waals surface area (Å²) in [5.41, 5.74) is 1.70. The number of halogens is 1. The fourth-order valence-electron chi connectivity index (χ4n) is 4.28. The fourth-order valence-corrected chi connectivity index (χ4v) is 4.28. The number of rotatable bonds is 6. The number of likely N-dealkylation sites (tertiary alicyclic amines) is 1. The predicted octanol–water partition coefficient (Wildman–Crippen LogP) is 2.34. The highest BCUT2D eigenvalue weighted by Crippen LogP contribution is 2.27. The molecule has 0 aromatic heterocycles. The van der Waals surface area contributed by atoms with Crippen LogP contribution in [0.15, 0.2) is 23.2 Å². The van der Waals surface area contributed by atoms with Crippen molar-refractivity contribution in [1.82, 2.24) is 20.4 Å². The van der Waals surface area contributed by atoms with Gasteiger partial charge in [0.15, 0.2) is 5.96 Å². The predicted molar refractivity (Wildman–Crippen MR) is 114 cm³/mol. The number of carbonyl (C=O) groups excluding carboxylic acids is 1. The highest BCUT2D eigenvalue weighted by molar-refractivity contribution is 5.81. The quantitative estimate of drug-likeness (QED) is 0.565. The molecule has 160 valence electrons. The van der Waals surface area contributed by atoms with Crippen molar-refractivity contribution in [3.05, 3.63) is 35.1 Å². The van der Waals surface area contributed by atoms with Gasteiger partial charge in [0.2, 0.25) is 5.91 Å². The summed E-state index contributed by atoms with van der Waals surface area (Å²) in [4.78, 5) is 20.9. The van der Waals surface area contributed by atoms with E-state index in [1.54, 1.807) is 13.1 Å². The van der Waals surface area contributed by atoms with Crippen molar-refractivity contribution in [1.29, 1.82) is 0 Å². The number of benzene rings is 1. The maximum absolute atomic E-state index is 14.0. The lowest BCUT2D eigenvalue weighted by Gasteiger charge is -2.21. The largest absolute Gasteiger partial charge is 0.352 e. The first kappa shape index (κ1) is 21.6. The van der Waals surface area contributed by atoms with E-state index in [0.29, 0.717) is 30.5 Å². The smallest absolute Gasteiger partial charge is 0.225 e. The van der Waals surface area contributed by atoms with Crippen LogP contribution in [0.3, 0.4) is 0 Å². The van der Waals surface area contributed by atoms with Crippen LogP contribution in [-0.4, -0.2) is 61.9 Å². The first-order chi connectivity index (χ1) is 14.0. The van der Waals surface area contributed by atoms with Gasteiger partial charge in [-0.25, -0.2) is 4.39 Å². The molecular weight excluding hydrogens is 369 g/mol. The Morgan fingerprint density at radius 2 is 2.03 bits per heavy atom. The van der Waals surface area contributed by atoms with Gasteiger partial charge in [-0.05, 0) is 51.1 Å². The third kappa shape index (κ3) is 5.92. The second-order valence-corrected chi connectivity index (χ2v) is 8.48. The Morgan fingerprint density at radius 3 is 2.72 bits per heavy atom. The minimum absolute atomic E-state index is 0.178. The summed E-state index contributed by atoms with van der Waals surface area (Å²) in [6, 6.07) is 5.43. The molecule has 1 amide bonds. The average Bonchev–Trinajstić information content (AvgIpc) is 3.38. The Hall–Kier alpha value is -2.15. The van der Waals surface area contributed by atoms with Crippen LogP contribution in [0.5, 0.6) is 0 Å². The second-order valence-electron chi connectivity index (χ2n) is 8.48. The minimum Gasteiger partial charge on any atom is -0.352 e. The molecule has 29 heavy (non-hydrogen) atoms. The van der Waals surface area contributed by atoms with Gasteiger partial charge in [-0.3, -0.25) is 9.79 Å². The Labute approximate surface area is 173 Å². The Balaban J connectivity index is 1.49. The highest BCUT2D eigenvalue weighted by atomic mass is 19.1. The summed E-state index contributed by atoms with van der Waals surface area (Å²) in [5, 5.41) is 6.74. The van der Waals surface area contributed by atoms with Crippen molar-refractivity contribution >= 4 is 11.9 Å². The molecule has 1 saturated heterocycles. The molecule has 1 aliphatic heterocycles. The molecule has 1 aromatic carbocycles. The van der Waals surface area contributed by atoms with Crippen molar-refractivity contribution in [2.24, 2.45) is 10.9 Å². The standard InChI is InChI=1S/C22H34FN5O/c1-24-22(25-13-16-8-9-20(23)18(12-16)14-27(2)3)26-19-10-11-28(15-19)21(29)17-6-4-5-7-17/h8-9,12,17,19H,4-7,10-11,13-15H2,1-3H3,(H2,24,25,26). The third-order valence-corrected chi connectivity index (χ3v) is 5.83. The molecule has 0 spiro atoms. The molecule has 2 fully saturated rings. The SMILES string of the molecule is CN=C(NCc1ccc(F)c(CN(C)C)c1)NC1CCN(C(=O)C2CCCC2)C1. The lowest BCUT2D eigenvalue weighted by molar-refractivity contribution is -0.134. The number of amides is 1. The van der Waals surface area contributed by atoms with E-state index < -0.39 is 0 Å². The van der Waals surface area contributed by atoms with E-state index in [9.17, 15) is 9.18 Å². The number of hydrogen-bond donors (Lipinski definition) is 2. The van der Waals surface area contributed by atoms with Gasteiger partial charge in [-0.15, -0.1) is 0 Å². The van der Waals surface area contributed by atoms with E-state index in [1.165, 1.54) is 18.9 Å². The molecule has 3 rings (SSSR count). The number of guanidine groups is 1. The van der Waals surface area contributed by atoms with Crippen molar-refractivity contribution in [2.75, 3.05) is 34.2 Å². The first-order valence-electron chi connectivity index (χ1n) is 10.6. The van der Waals surface area contributed by atoms with Gasteiger partial charge < -0.3 is 20.4 Å². The van der Waals surface area contributed by atoms with E-state index in [1.807, 2.05) is 30.0 Å². The van der Waals surface area contributed by atoms with E-state index in [0.717, 1.165) is 37.9 Å². The van der Waals surface area contributed by atoms with Crippen LogP contribution in [0.4, 0.5) is 4.39 Å². The normalized spacial score (nSPS) is 20.5. The Bertz CT molecular complexity index is 730. The van der Waals surface area contributed by atoms with Gasteiger partial charge in [0, 0.05) is 50.7 Å². The summed E-state index contributed by atoms with van der Waals surface area (Å²) in [6.45, 7) is 2.69. The average molecular weight is 404 g/mol. The van der Waals surface area contributed by atoms with Crippen LogP contribution >= 0.6 is 0 Å². The minimum atomic E-state index is -0.178. The maximum Gasteiger partial charge on any atom is 0.225 e. The van der Waals surface area contributed by atoms with Crippen LogP contribution in [0.25, 0.3) is 0 Å². The number of nitrogens with zero attached hydrogens (tertiary/aromatic N) is 3. The van der Waals surface area contributed by atoms with E-state index in [-0.39, 0.29) is 17.8 Å². The van der Waals surface area contributed by atoms with E-state index in [2.05, 4.69) is 15.6 Å². The molecule has 1 heterocycles. The van der Waals surface area contributed by atoms with Crippen LogP contribution in [0.1, 0.15) is 43.2 Å². The maximum atomic E-state index is 14.0. The molecular formula is C22H34FN5O. The summed E-state index contributed by atoms with van der Waals surface area (Å²) >= 11 is 0. The van der Waals surface area contributed by atoms with Gasteiger partial charge in [0.05, 0.1) is 0 Å². The molecule has 1 atom stereocenters. The zero-order chi connectivity index (χ0) is 20.8. The van der Waals surface area contributed by atoms with E-state index in [4.69, 9.17) is 0 Å². The number of aliphatic imine (C=N–C) groups is 1. The van der Waals surface area contributed by atoms with Gasteiger partial charge in [-0.1, -0.05) is 18.9 Å². The fraction of sp³-hybridized carbons (Fsp3) is 0.636. The summed E-state index contributed by atoms with van der Waals surface area (Å²) in [6.07, 6.45) is 5.39. The number of hydrogen-bond acceptors (Lipinski definition) is 3. The molecule has 1 saturated carbocycles. The molecule has 6 nitrogen and oxygen atoms in total. The van der Waals surface area contributed by atoms with E-state index >= 15 is 0 Å². The van der Waals surface area contributed by atoms with Crippen LogP contribution < -0.4 is 10.6 Å². The van der Waals surface area contributed by atoms with Crippen molar-refractivity contribution in [2.45, 2.75) is 51.2 Å². The molecule has 1 aromatic rings. The zero-order valence-corrected chi connectivity index (χ0v) is 17.9. The first-order valence-corrected chi connectivity index (χ1v) is 10.6. The Kier molecular flexibility index (Phi) is 7.47. The van der Waals surface area contributed by atoms with Crippen LogP contribution in [-0.2, 0) is 17.9 Å². The lowest BCUT2D eigenvalue weighted by Crippen LogP contribution is -2.45. The number of carbonyl (C=O) groups is 1. The van der Waals surface area contributed by atoms with Gasteiger partial charge in [0.25, 0.3) is 0 Å². The monoisotopic (exact) mass is 403 g/mol. The topological polar surface area (TPSA) is 60.0 Å². The molecule has 0 bridgehead atoms. The summed E-state index contributed by atoms with van der Waals surface area (Å²) < 4.78 is 14.0. The van der Waals surface area contributed by atoms with Crippen LogP contribution in [0.2, 0.25) is 0 Å². The third-order valence-electron chi connectivity index (χ3n) is 5.83. The second kappa shape index (κ2) is 10.1. The zero-order valence-electron chi connectivity index (χ0n) is 17.9. The Morgan fingerprint density at radius 1 is 1.28 bits per heavy atom. The van der Waals surface area contributed by atoms with Crippen molar-refractivity contribution in [3.8, 4) is 0 Å².